The first kappa shape index (κ1) is 9.44. The van der Waals surface area contributed by atoms with Crippen molar-refractivity contribution >= 4 is 22.5 Å². The molecule has 0 spiro atoms. The van der Waals surface area contributed by atoms with Gasteiger partial charge in [0.05, 0.1) is 17.8 Å². The Morgan fingerprint density at radius 1 is 1.36 bits per heavy atom. The van der Waals surface area contributed by atoms with Crippen molar-refractivity contribution in [2.24, 2.45) is 0 Å². The molecule has 0 saturated carbocycles. The number of halogens is 1. The maximum Gasteiger partial charge on any atom is 0.0855 e. The molecule has 1 aromatic heterocycles. The topological polar surface area (TPSA) is 33.1 Å². The summed E-state index contributed by atoms with van der Waals surface area (Å²) in [5, 5.41) is 10.8. The monoisotopic (exact) mass is 207 g/mol. The molecule has 0 unspecified atom stereocenters. The van der Waals surface area contributed by atoms with Gasteiger partial charge in [0.2, 0.25) is 0 Å². The van der Waals surface area contributed by atoms with E-state index in [9.17, 15) is 0 Å². The minimum Gasteiger partial charge on any atom is -0.390 e. The zero-order valence-electron chi connectivity index (χ0n) is 7.79. The van der Waals surface area contributed by atoms with E-state index in [2.05, 4.69) is 4.98 Å². The number of hydrogen-bond donors (Lipinski definition) is 1. The smallest absolute Gasteiger partial charge is 0.0855 e. The summed E-state index contributed by atoms with van der Waals surface area (Å²) in [6.45, 7) is 1.91. The standard InChI is InChI=1S/C11H10ClNO/c1-7-4-8-5-9(12)2-3-10(8)13-11(7)6-14/h2-5,14H,6H2,1H3. The van der Waals surface area contributed by atoms with E-state index in [4.69, 9.17) is 16.7 Å². The van der Waals surface area contributed by atoms with Crippen LogP contribution in [-0.2, 0) is 6.61 Å². The molecule has 0 atom stereocenters. The van der Waals surface area contributed by atoms with Crippen LogP contribution in [0.25, 0.3) is 10.9 Å². The van der Waals surface area contributed by atoms with Gasteiger partial charge in [-0.25, -0.2) is 0 Å². The molecule has 0 aliphatic heterocycles. The summed E-state index contributed by atoms with van der Waals surface area (Å²) in [4.78, 5) is 4.33. The van der Waals surface area contributed by atoms with Crippen LogP contribution < -0.4 is 0 Å². The number of rotatable bonds is 1. The fourth-order valence-corrected chi connectivity index (χ4v) is 1.63. The van der Waals surface area contributed by atoms with Crippen molar-refractivity contribution in [1.82, 2.24) is 4.98 Å². The van der Waals surface area contributed by atoms with Gasteiger partial charge in [0.15, 0.2) is 0 Å². The second-order valence-electron chi connectivity index (χ2n) is 3.25. The minimum atomic E-state index is -0.0234. The van der Waals surface area contributed by atoms with E-state index < -0.39 is 0 Å². The Morgan fingerprint density at radius 2 is 2.14 bits per heavy atom. The predicted octanol–water partition coefficient (Wildman–Crippen LogP) is 2.69. The largest absolute Gasteiger partial charge is 0.390 e. The van der Waals surface area contributed by atoms with Gasteiger partial charge in [-0.05, 0) is 36.8 Å². The lowest BCUT2D eigenvalue weighted by Crippen LogP contribution is -1.94. The van der Waals surface area contributed by atoms with Crippen molar-refractivity contribution in [2.75, 3.05) is 0 Å². The number of aliphatic hydroxyl groups is 1. The van der Waals surface area contributed by atoms with E-state index in [0.29, 0.717) is 5.02 Å². The van der Waals surface area contributed by atoms with Gasteiger partial charge in [0.25, 0.3) is 0 Å². The third kappa shape index (κ3) is 1.59. The molecule has 1 aromatic carbocycles. The van der Waals surface area contributed by atoms with Gasteiger partial charge in [-0.1, -0.05) is 11.6 Å². The van der Waals surface area contributed by atoms with Crippen molar-refractivity contribution in [3.05, 3.63) is 40.5 Å². The number of aryl methyl sites for hydroxylation is 1. The van der Waals surface area contributed by atoms with Gasteiger partial charge in [0, 0.05) is 10.4 Å². The molecule has 2 nitrogen and oxygen atoms in total. The maximum atomic E-state index is 9.04. The zero-order valence-corrected chi connectivity index (χ0v) is 8.54. The third-order valence-corrected chi connectivity index (χ3v) is 2.46. The molecule has 0 aliphatic carbocycles. The quantitative estimate of drug-likeness (QED) is 0.780. The van der Waals surface area contributed by atoms with Crippen LogP contribution in [0.1, 0.15) is 11.3 Å². The summed E-state index contributed by atoms with van der Waals surface area (Å²) >= 11 is 5.87. The molecular weight excluding hydrogens is 198 g/mol. The van der Waals surface area contributed by atoms with E-state index in [-0.39, 0.29) is 6.61 Å². The predicted molar refractivity (Wildman–Crippen MR) is 57.4 cm³/mol. The molecule has 0 amide bonds. The molecule has 2 aromatic rings. The van der Waals surface area contributed by atoms with Crippen LogP contribution in [0.3, 0.4) is 0 Å². The molecule has 0 fully saturated rings. The third-order valence-electron chi connectivity index (χ3n) is 2.22. The minimum absolute atomic E-state index is 0.0234. The fourth-order valence-electron chi connectivity index (χ4n) is 1.45. The van der Waals surface area contributed by atoms with Gasteiger partial charge in [0.1, 0.15) is 0 Å². The van der Waals surface area contributed by atoms with E-state index in [0.717, 1.165) is 22.2 Å². The molecule has 0 bridgehead atoms. The summed E-state index contributed by atoms with van der Waals surface area (Å²) in [7, 11) is 0. The van der Waals surface area contributed by atoms with Crippen LogP contribution >= 0.6 is 11.6 Å². The highest BCUT2D eigenvalue weighted by molar-refractivity contribution is 6.31. The molecule has 72 valence electrons. The Morgan fingerprint density at radius 3 is 2.86 bits per heavy atom. The van der Waals surface area contributed by atoms with Gasteiger partial charge in [-0.15, -0.1) is 0 Å². The highest BCUT2D eigenvalue weighted by Crippen LogP contribution is 2.20. The van der Waals surface area contributed by atoms with Crippen LogP contribution in [0.15, 0.2) is 24.3 Å². The molecular formula is C11H10ClNO. The SMILES string of the molecule is Cc1cc2cc(Cl)ccc2nc1CO. The molecule has 0 saturated heterocycles. The van der Waals surface area contributed by atoms with Crippen molar-refractivity contribution in [3.63, 3.8) is 0 Å². The summed E-state index contributed by atoms with van der Waals surface area (Å²) in [6.07, 6.45) is 0. The van der Waals surface area contributed by atoms with Crippen LogP contribution in [-0.4, -0.2) is 10.1 Å². The highest BCUT2D eigenvalue weighted by Gasteiger charge is 2.02. The summed E-state index contributed by atoms with van der Waals surface area (Å²) in [5.74, 6) is 0. The Labute approximate surface area is 87.2 Å². The maximum absolute atomic E-state index is 9.04. The lowest BCUT2D eigenvalue weighted by atomic mass is 10.1. The number of nitrogens with zero attached hydrogens (tertiary/aromatic N) is 1. The van der Waals surface area contributed by atoms with Gasteiger partial charge in [-0.2, -0.15) is 0 Å². The normalized spacial score (nSPS) is 10.8. The van der Waals surface area contributed by atoms with E-state index in [1.165, 1.54) is 0 Å². The Bertz CT molecular complexity index is 482. The number of aliphatic hydroxyl groups excluding tert-OH is 1. The van der Waals surface area contributed by atoms with E-state index in [1.807, 2.05) is 25.1 Å². The zero-order chi connectivity index (χ0) is 10.1. The molecule has 0 radical (unpaired) electrons. The fraction of sp³-hybridized carbons (Fsp3) is 0.182. The summed E-state index contributed by atoms with van der Waals surface area (Å²) < 4.78 is 0. The molecule has 14 heavy (non-hydrogen) atoms. The van der Waals surface area contributed by atoms with Gasteiger partial charge in [-0.3, -0.25) is 4.98 Å². The molecule has 1 N–H and O–H groups in total. The number of fused-ring (bicyclic) bond motifs is 1. The lowest BCUT2D eigenvalue weighted by molar-refractivity contribution is 0.276. The second kappa shape index (κ2) is 3.56. The molecule has 0 aliphatic rings. The van der Waals surface area contributed by atoms with Gasteiger partial charge < -0.3 is 5.11 Å². The van der Waals surface area contributed by atoms with Crippen LogP contribution in [0.2, 0.25) is 5.02 Å². The number of aromatic nitrogens is 1. The molecule has 2 rings (SSSR count). The van der Waals surface area contributed by atoms with Crippen LogP contribution in [0.4, 0.5) is 0 Å². The second-order valence-corrected chi connectivity index (χ2v) is 3.68. The Hall–Kier alpha value is -1.12. The molecule has 1 heterocycles. The average molecular weight is 208 g/mol. The first-order valence-electron chi connectivity index (χ1n) is 4.37. The van der Waals surface area contributed by atoms with Crippen molar-refractivity contribution in [1.29, 1.82) is 0 Å². The van der Waals surface area contributed by atoms with Crippen molar-refractivity contribution < 1.29 is 5.11 Å². The van der Waals surface area contributed by atoms with Crippen LogP contribution in [0.5, 0.6) is 0 Å². The average Bonchev–Trinajstić information content (AvgIpc) is 2.16. The van der Waals surface area contributed by atoms with Gasteiger partial charge >= 0.3 is 0 Å². The number of benzene rings is 1. The summed E-state index contributed by atoms with van der Waals surface area (Å²) in [5.41, 5.74) is 2.58. The van der Waals surface area contributed by atoms with Crippen molar-refractivity contribution in [3.8, 4) is 0 Å². The first-order valence-corrected chi connectivity index (χ1v) is 4.75. The van der Waals surface area contributed by atoms with Crippen LogP contribution in [0, 0.1) is 6.92 Å². The lowest BCUT2D eigenvalue weighted by Gasteiger charge is -2.04. The number of pyridine rings is 1. The van der Waals surface area contributed by atoms with E-state index in [1.54, 1.807) is 6.07 Å². The Kier molecular flexibility index (Phi) is 2.40. The summed E-state index contributed by atoms with van der Waals surface area (Å²) in [6, 6.07) is 7.52. The Balaban J connectivity index is 2.73. The highest BCUT2D eigenvalue weighted by atomic mass is 35.5. The number of hydrogen-bond acceptors (Lipinski definition) is 2. The first-order chi connectivity index (χ1) is 6.70. The molecule has 3 heteroatoms. The van der Waals surface area contributed by atoms with E-state index >= 15 is 0 Å². The van der Waals surface area contributed by atoms with Crippen molar-refractivity contribution in [2.45, 2.75) is 13.5 Å².